The molecule has 0 aliphatic heterocycles. The molecule has 0 atom stereocenters. The van der Waals surface area contributed by atoms with Gasteiger partial charge in [-0.3, -0.25) is 0 Å². The SMILES string of the molecule is c1ccc(-c2cccc(-c3c4ccccc4c(-c4cccc5ccccc45)c4cccc(-c5ccccc5-c5ccccc5)c34)c2)cc1. The summed E-state index contributed by atoms with van der Waals surface area (Å²) in [5, 5.41) is 7.55. The van der Waals surface area contributed by atoms with E-state index in [4.69, 9.17) is 0 Å². The lowest BCUT2D eigenvalue weighted by molar-refractivity contribution is 1.59. The second kappa shape index (κ2) is 11.8. The molecule has 0 spiro atoms. The molecule has 9 aromatic carbocycles. The maximum absolute atomic E-state index is 2.37. The molecule has 9 aromatic rings. The first-order valence-corrected chi connectivity index (χ1v) is 16.6. The van der Waals surface area contributed by atoms with Crippen molar-refractivity contribution in [1.29, 1.82) is 0 Å². The molecule has 0 N–H and O–H groups in total. The molecule has 224 valence electrons. The van der Waals surface area contributed by atoms with Gasteiger partial charge in [0.15, 0.2) is 0 Å². The zero-order valence-corrected chi connectivity index (χ0v) is 26.5. The smallest absolute Gasteiger partial charge is 0.00139 e. The van der Waals surface area contributed by atoms with Gasteiger partial charge in [-0.25, -0.2) is 0 Å². The molecule has 0 heteroatoms. The van der Waals surface area contributed by atoms with Gasteiger partial charge in [-0.2, -0.15) is 0 Å². The minimum absolute atomic E-state index is 1.21. The third kappa shape index (κ3) is 4.70. The lowest BCUT2D eigenvalue weighted by atomic mass is 9.81. The topological polar surface area (TPSA) is 0 Å². The highest BCUT2D eigenvalue weighted by atomic mass is 14.2. The van der Waals surface area contributed by atoms with Crippen LogP contribution in [-0.4, -0.2) is 0 Å². The normalized spacial score (nSPS) is 11.3. The van der Waals surface area contributed by atoms with Gasteiger partial charge < -0.3 is 0 Å². The van der Waals surface area contributed by atoms with E-state index < -0.39 is 0 Å². The Bertz CT molecular complexity index is 2590. The second-order valence-corrected chi connectivity index (χ2v) is 12.4. The predicted octanol–water partition coefficient (Wildman–Crippen LogP) is 13.5. The average molecular weight is 609 g/mol. The molecule has 0 amide bonds. The van der Waals surface area contributed by atoms with Crippen LogP contribution in [0.15, 0.2) is 194 Å². The average Bonchev–Trinajstić information content (AvgIpc) is 3.17. The monoisotopic (exact) mass is 608 g/mol. The van der Waals surface area contributed by atoms with E-state index in [0.717, 1.165) is 0 Å². The largest absolute Gasteiger partial charge is 0.0622 e. The van der Waals surface area contributed by atoms with Crippen LogP contribution in [0.25, 0.3) is 88.0 Å². The van der Waals surface area contributed by atoms with Gasteiger partial charge in [0, 0.05) is 0 Å². The summed E-state index contributed by atoms with van der Waals surface area (Å²) < 4.78 is 0. The zero-order valence-electron chi connectivity index (χ0n) is 26.5. The van der Waals surface area contributed by atoms with Gasteiger partial charge >= 0.3 is 0 Å². The number of rotatable bonds is 5. The summed E-state index contributed by atoms with van der Waals surface area (Å²) in [7, 11) is 0. The number of hydrogen-bond acceptors (Lipinski definition) is 0. The molecule has 0 aliphatic rings. The third-order valence-electron chi connectivity index (χ3n) is 9.67. The Labute approximate surface area is 281 Å². The third-order valence-corrected chi connectivity index (χ3v) is 9.67. The fraction of sp³-hybridized carbons (Fsp3) is 0. The maximum atomic E-state index is 2.37. The van der Waals surface area contributed by atoms with Crippen LogP contribution in [0.5, 0.6) is 0 Å². The van der Waals surface area contributed by atoms with Crippen LogP contribution in [0.3, 0.4) is 0 Å². The van der Waals surface area contributed by atoms with Gasteiger partial charge in [0.05, 0.1) is 0 Å². The van der Waals surface area contributed by atoms with Crippen LogP contribution in [0.1, 0.15) is 0 Å². The first kappa shape index (κ1) is 28.0. The van der Waals surface area contributed by atoms with E-state index in [1.54, 1.807) is 0 Å². The van der Waals surface area contributed by atoms with Crippen molar-refractivity contribution in [2.75, 3.05) is 0 Å². The molecule has 0 fully saturated rings. The predicted molar refractivity (Wildman–Crippen MR) is 206 cm³/mol. The highest BCUT2D eigenvalue weighted by Crippen LogP contribution is 2.49. The van der Waals surface area contributed by atoms with Crippen LogP contribution >= 0.6 is 0 Å². The molecule has 9 rings (SSSR count). The minimum atomic E-state index is 1.21. The van der Waals surface area contributed by atoms with Crippen LogP contribution < -0.4 is 0 Å². The van der Waals surface area contributed by atoms with Gasteiger partial charge in [0.25, 0.3) is 0 Å². The van der Waals surface area contributed by atoms with Crippen molar-refractivity contribution in [2.24, 2.45) is 0 Å². The first-order chi connectivity index (χ1) is 23.8. The van der Waals surface area contributed by atoms with Crippen molar-refractivity contribution in [1.82, 2.24) is 0 Å². The first-order valence-electron chi connectivity index (χ1n) is 16.6. The highest BCUT2D eigenvalue weighted by Gasteiger charge is 2.22. The number of fused-ring (bicyclic) bond motifs is 3. The quantitative estimate of drug-likeness (QED) is 0.171. The molecular weight excluding hydrogens is 577 g/mol. The van der Waals surface area contributed by atoms with Crippen molar-refractivity contribution in [3.8, 4) is 55.6 Å². The highest BCUT2D eigenvalue weighted by molar-refractivity contribution is 6.26. The fourth-order valence-corrected chi connectivity index (χ4v) is 7.56. The van der Waals surface area contributed by atoms with E-state index in [1.165, 1.54) is 88.0 Å². The van der Waals surface area contributed by atoms with Crippen molar-refractivity contribution in [2.45, 2.75) is 0 Å². The summed E-state index contributed by atoms with van der Waals surface area (Å²) in [6.45, 7) is 0. The molecule has 0 nitrogen and oxygen atoms in total. The Kier molecular flexibility index (Phi) is 6.91. The molecule has 0 heterocycles. The lowest BCUT2D eigenvalue weighted by Crippen LogP contribution is -1.95. The summed E-state index contributed by atoms with van der Waals surface area (Å²) in [5.74, 6) is 0. The van der Waals surface area contributed by atoms with E-state index in [0.29, 0.717) is 0 Å². The van der Waals surface area contributed by atoms with E-state index >= 15 is 0 Å². The minimum Gasteiger partial charge on any atom is -0.0622 e. The van der Waals surface area contributed by atoms with Crippen LogP contribution in [-0.2, 0) is 0 Å². The molecule has 0 saturated heterocycles. The molecule has 0 unspecified atom stereocenters. The molecule has 0 bridgehead atoms. The van der Waals surface area contributed by atoms with Crippen molar-refractivity contribution >= 4 is 32.3 Å². The molecule has 0 aromatic heterocycles. The van der Waals surface area contributed by atoms with Crippen molar-refractivity contribution < 1.29 is 0 Å². The van der Waals surface area contributed by atoms with E-state index in [-0.39, 0.29) is 0 Å². The molecule has 0 radical (unpaired) electrons. The van der Waals surface area contributed by atoms with Gasteiger partial charge in [-0.05, 0) is 94.0 Å². The number of benzene rings is 9. The molecule has 0 saturated carbocycles. The summed E-state index contributed by atoms with van der Waals surface area (Å²) in [6, 6.07) is 70.8. The van der Waals surface area contributed by atoms with Crippen LogP contribution in [0.2, 0.25) is 0 Å². The van der Waals surface area contributed by atoms with E-state index in [1.807, 2.05) is 0 Å². The summed E-state index contributed by atoms with van der Waals surface area (Å²) in [6.07, 6.45) is 0. The Morgan fingerprint density at radius 2 is 0.708 bits per heavy atom. The number of hydrogen-bond donors (Lipinski definition) is 0. The Hall–Kier alpha value is -6.24. The standard InChI is InChI=1S/C48H32/c1-3-16-33(17-4-1)36-22-13-23-37(32-36)46-43-27-11-12-28-44(43)47(41-29-14-21-35-20-7-8-25-39(35)41)45-31-15-30-42(48(45)46)40-26-10-9-24-38(40)34-18-5-2-6-19-34/h1-32H. The van der Waals surface area contributed by atoms with Gasteiger partial charge in [0.1, 0.15) is 0 Å². The van der Waals surface area contributed by atoms with Crippen LogP contribution in [0.4, 0.5) is 0 Å². The Morgan fingerprint density at radius 1 is 0.229 bits per heavy atom. The van der Waals surface area contributed by atoms with Crippen LogP contribution in [0, 0.1) is 0 Å². The van der Waals surface area contributed by atoms with Crippen molar-refractivity contribution in [3.05, 3.63) is 194 Å². The zero-order chi connectivity index (χ0) is 31.9. The van der Waals surface area contributed by atoms with Gasteiger partial charge in [-0.1, -0.05) is 188 Å². The summed E-state index contributed by atoms with van der Waals surface area (Å²) >= 11 is 0. The van der Waals surface area contributed by atoms with E-state index in [9.17, 15) is 0 Å². The lowest BCUT2D eigenvalue weighted by Gasteiger charge is -2.22. The molecule has 48 heavy (non-hydrogen) atoms. The Balaban J connectivity index is 1.46. The van der Waals surface area contributed by atoms with Gasteiger partial charge in [-0.15, -0.1) is 0 Å². The molecular formula is C48H32. The fourth-order valence-electron chi connectivity index (χ4n) is 7.56. The maximum Gasteiger partial charge on any atom is -0.00139 e. The second-order valence-electron chi connectivity index (χ2n) is 12.4. The van der Waals surface area contributed by atoms with E-state index in [2.05, 4.69) is 194 Å². The van der Waals surface area contributed by atoms with Gasteiger partial charge in [0.2, 0.25) is 0 Å². The molecule has 0 aliphatic carbocycles. The van der Waals surface area contributed by atoms with Crippen molar-refractivity contribution in [3.63, 3.8) is 0 Å². The summed E-state index contributed by atoms with van der Waals surface area (Å²) in [4.78, 5) is 0. The Morgan fingerprint density at radius 3 is 1.50 bits per heavy atom. The summed E-state index contributed by atoms with van der Waals surface area (Å²) in [5.41, 5.74) is 12.4.